The van der Waals surface area contributed by atoms with E-state index in [0.717, 1.165) is 44.9 Å². The SMILES string of the molecule is COc1ccc(CO[C@@H]([C@H](O)COC(c2ccccc2)(c2ccccc2)c2ccccc2)[C@H](OCc2ccc(OC)cc2)c2cnc(-c3ccc(Cl)cc3)nc2)cc1. The Morgan fingerprint density at radius 3 is 1.47 bits per heavy atom. The van der Waals surface area contributed by atoms with E-state index in [-0.39, 0.29) is 19.8 Å². The third kappa shape index (κ3) is 9.62. The Morgan fingerprint density at radius 1 is 0.569 bits per heavy atom. The zero-order valence-corrected chi connectivity index (χ0v) is 33.1. The molecule has 0 aliphatic rings. The summed E-state index contributed by atoms with van der Waals surface area (Å²) in [5.41, 5.74) is 4.87. The van der Waals surface area contributed by atoms with Gasteiger partial charge in [0.15, 0.2) is 5.82 Å². The van der Waals surface area contributed by atoms with Crippen LogP contribution in [-0.4, -0.2) is 48.1 Å². The van der Waals surface area contributed by atoms with Crippen LogP contribution in [0.5, 0.6) is 11.5 Å². The average Bonchev–Trinajstić information content (AvgIpc) is 3.29. The molecule has 0 amide bonds. The van der Waals surface area contributed by atoms with Gasteiger partial charge in [-0.1, -0.05) is 127 Å². The molecule has 7 aromatic rings. The van der Waals surface area contributed by atoms with E-state index in [4.69, 9.17) is 45.3 Å². The van der Waals surface area contributed by atoms with Crippen LogP contribution in [0, 0.1) is 0 Å². The Morgan fingerprint density at radius 2 is 1.02 bits per heavy atom. The Kier molecular flexibility index (Phi) is 13.6. The quantitative estimate of drug-likeness (QED) is 0.0859. The van der Waals surface area contributed by atoms with Gasteiger partial charge >= 0.3 is 0 Å². The fraction of sp³-hybridized carbons (Fsp3) is 0.184. The molecule has 1 N–H and O–H groups in total. The minimum Gasteiger partial charge on any atom is -0.497 e. The molecule has 8 nitrogen and oxygen atoms in total. The van der Waals surface area contributed by atoms with Crippen molar-refractivity contribution in [2.24, 2.45) is 0 Å². The van der Waals surface area contributed by atoms with Crippen molar-refractivity contribution in [3.8, 4) is 22.9 Å². The molecule has 6 aromatic carbocycles. The van der Waals surface area contributed by atoms with Crippen LogP contribution in [-0.2, 0) is 33.0 Å². The fourth-order valence-corrected chi connectivity index (χ4v) is 7.04. The van der Waals surface area contributed by atoms with Crippen LogP contribution in [0.4, 0.5) is 0 Å². The summed E-state index contributed by atoms with van der Waals surface area (Å²) in [5.74, 6) is 1.98. The van der Waals surface area contributed by atoms with Gasteiger partial charge in [0.05, 0.1) is 34.0 Å². The standard InChI is InChI=1S/C49H45ClN2O6/c1-54-43-26-18-35(19-27-43)32-56-46(38-30-51-48(52-31-38)37-22-24-42(50)25-23-37)47(57-33-36-20-28-44(55-2)29-21-36)45(53)34-58-49(39-12-6-3-7-13-39,40-14-8-4-9-15-40)41-16-10-5-11-17-41/h3-31,45-47,53H,32-34H2,1-2H3/t45-,46-,47+/m1/s1. The predicted octanol–water partition coefficient (Wildman–Crippen LogP) is 10.0. The van der Waals surface area contributed by atoms with Crippen molar-refractivity contribution in [3.63, 3.8) is 0 Å². The maximum atomic E-state index is 12.5. The fourth-order valence-electron chi connectivity index (χ4n) is 6.91. The first-order valence-electron chi connectivity index (χ1n) is 19.0. The monoisotopic (exact) mass is 792 g/mol. The summed E-state index contributed by atoms with van der Waals surface area (Å²) in [6.45, 7) is 0.239. The van der Waals surface area contributed by atoms with Crippen LogP contribution < -0.4 is 9.47 Å². The topological polar surface area (TPSA) is 92.2 Å². The van der Waals surface area contributed by atoms with E-state index in [1.54, 1.807) is 38.7 Å². The zero-order valence-electron chi connectivity index (χ0n) is 32.4. The molecule has 3 atom stereocenters. The zero-order chi connectivity index (χ0) is 40.2. The third-order valence-corrected chi connectivity index (χ3v) is 10.2. The lowest BCUT2D eigenvalue weighted by Gasteiger charge is -2.38. The number of hydrogen-bond acceptors (Lipinski definition) is 8. The number of aromatic nitrogens is 2. The van der Waals surface area contributed by atoms with E-state index in [1.807, 2.05) is 152 Å². The summed E-state index contributed by atoms with van der Waals surface area (Å²) < 4.78 is 31.4. The van der Waals surface area contributed by atoms with Gasteiger partial charge in [0, 0.05) is 28.5 Å². The molecule has 9 heteroatoms. The number of methoxy groups -OCH3 is 2. The van der Waals surface area contributed by atoms with E-state index in [9.17, 15) is 5.11 Å². The molecule has 1 aromatic heterocycles. The molecule has 0 fully saturated rings. The second-order valence-electron chi connectivity index (χ2n) is 13.7. The van der Waals surface area contributed by atoms with Gasteiger partial charge in [-0.2, -0.15) is 0 Å². The maximum Gasteiger partial charge on any atom is 0.159 e. The summed E-state index contributed by atoms with van der Waals surface area (Å²) in [6.07, 6.45) is 0.443. The van der Waals surface area contributed by atoms with Crippen LogP contribution in [0.25, 0.3) is 11.4 Å². The summed E-state index contributed by atoms with van der Waals surface area (Å²) >= 11 is 6.16. The van der Waals surface area contributed by atoms with Crippen molar-refractivity contribution in [2.45, 2.75) is 37.1 Å². The van der Waals surface area contributed by atoms with Gasteiger partial charge in [-0.3, -0.25) is 0 Å². The number of ether oxygens (including phenoxy) is 5. The highest BCUT2D eigenvalue weighted by Crippen LogP contribution is 2.41. The van der Waals surface area contributed by atoms with Crippen LogP contribution >= 0.6 is 11.6 Å². The number of benzene rings is 6. The molecule has 0 aliphatic heterocycles. The van der Waals surface area contributed by atoms with Crippen LogP contribution in [0.15, 0.2) is 176 Å². The Bertz CT molecular complexity index is 2180. The number of nitrogens with zero attached hydrogens (tertiary/aromatic N) is 2. The molecule has 0 spiro atoms. The second-order valence-corrected chi connectivity index (χ2v) is 14.1. The highest BCUT2D eigenvalue weighted by molar-refractivity contribution is 6.30. The summed E-state index contributed by atoms with van der Waals surface area (Å²) in [6, 6.07) is 52.8. The van der Waals surface area contributed by atoms with Crippen LogP contribution in [0.2, 0.25) is 5.02 Å². The molecular weight excluding hydrogens is 748 g/mol. The first-order chi connectivity index (χ1) is 28.5. The van der Waals surface area contributed by atoms with E-state index in [0.29, 0.717) is 16.4 Å². The van der Waals surface area contributed by atoms with E-state index in [1.165, 1.54) is 0 Å². The normalized spacial score (nSPS) is 13.0. The highest BCUT2D eigenvalue weighted by atomic mass is 35.5. The summed E-state index contributed by atoms with van der Waals surface area (Å²) in [4.78, 5) is 9.45. The van der Waals surface area contributed by atoms with Gasteiger partial charge in [-0.15, -0.1) is 0 Å². The van der Waals surface area contributed by atoms with Crippen molar-refractivity contribution < 1.29 is 28.8 Å². The Balaban J connectivity index is 1.27. The maximum absolute atomic E-state index is 12.5. The van der Waals surface area contributed by atoms with Gasteiger partial charge in [0.2, 0.25) is 0 Å². The molecule has 0 unspecified atom stereocenters. The number of aliphatic hydroxyl groups is 1. The Hall–Kier alpha value is -5.87. The number of rotatable bonds is 18. The van der Waals surface area contributed by atoms with Gasteiger partial charge in [-0.05, 0) is 76.3 Å². The molecule has 0 bridgehead atoms. The lowest BCUT2D eigenvalue weighted by Crippen LogP contribution is -2.43. The second kappa shape index (κ2) is 19.5. The van der Waals surface area contributed by atoms with E-state index < -0.39 is 23.9 Å². The van der Waals surface area contributed by atoms with Crippen LogP contribution in [0.1, 0.15) is 39.5 Å². The van der Waals surface area contributed by atoms with Gasteiger partial charge < -0.3 is 28.8 Å². The molecule has 0 aliphatic carbocycles. The van der Waals surface area contributed by atoms with Crippen molar-refractivity contribution in [3.05, 3.63) is 215 Å². The average molecular weight is 793 g/mol. The molecule has 0 saturated carbocycles. The molecule has 1 heterocycles. The van der Waals surface area contributed by atoms with Crippen molar-refractivity contribution in [1.29, 1.82) is 0 Å². The van der Waals surface area contributed by atoms with Gasteiger partial charge in [0.1, 0.15) is 35.4 Å². The van der Waals surface area contributed by atoms with Crippen molar-refractivity contribution >= 4 is 11.6 Å². The summed E-state index contributed by atoms with van der Waals surface area (Å²) in [7, 11) is 3.26. The first-order valence-corrected chi connectivity index (χ1v) is 19.4. The first kappa shape index (κ1) is 40.3. The molecule has 7 rings (SSSR count). The minimum absolute atomic E-state index is 0.127. The molecular formula is C49H45ClN2O6. The number of halogens is 1. The van der Waals surface area contributed by atoms with Gasteiger partial charge in [0.25, 0.3) is 0 Å². The lowest BCUT2D eigenvalue weighted by atomic mass is 9.80. The van der Waals surface area contributed by atoms with Gasteiger partial charge in [-0.25, -0.2) is 9.97 Å². The van der Waals surface area contributed by atoms with Crippen molar-refractivity contribution in [2.75, 3.05) is 20.8 Å². The summed E-state index contributed by atoms with van der Waals surface area (Å²) in [5, 5.41) is 13.1. The smallest absolute Gasteiger partial charge is 0.159 e. The molecule has 0 radical (unpaired) electrons. The molecule has 294 valence electrons. The Labute approximate surface area is 344 Å². The van der Waals surface area contributed by atoms with E-state index in [2.05, 4.69) is 0 Å². The van der Waals surface area contributed by atoms with E-state index >= 15 is 0 Å². The van der Waals surface area contributed by atoms with Crippen LogP contribution in [0.3, 0.4) is 0 Å². The number of aliphatic hydroxyl groups excluding tert-OH is 1. The number of hydrogen-bond donors (Lipinski definition) is 1. The molecule has 0 saturated heterocycles. The minimum atomic E-state index is -1.20. The lowest BCUT2D eigenvalue weighted by molar-refractivity contribution is -0.158. The highest BCUT2D eigenvalue weighted by Gasteiger charge is 2.40. The third-order valence-electron chi connectivity index (χ3n) is 9.98. The predicted molar refractivity (Wildman–Crippen MR) is 226 cm³/mol. The largest absolute Gasteiger partial charge is 0.497 e. The van der Waals surface area contributed by atoms with Crippen molar-refractivity contribution in [1.82, 2.24) is 9.97 Å². The molecule has 58 heavy (non-hydrogen) atoms.